The van der Waals surface area contributed by atoms with Crippen LogP contribution < -0.4 is 5.32 Å². The molecule has 3 rings (SSSR count). The second-order valence-electron chi connectivity index (χ2n) is 13.2. The molecule has 2 aliphatic rings. The van der Waals surface area contributed by atoms with Crippen molar-refractivity contribution in [3.63, 3.8) is 0 Å². The first-order chi connectivity index (χ1) is 19.8. The second kappa shape index (κ2) is 14.9. The highest BCUT2D eigenvalue weighted by molar-refractivity contribution is 5.93. The number of likely N-dealkylation sites (tertiary alicyclic amines) is 1. The van der Waals surface area contributed by atoms with E-state index in [4.69, 9.17) is 20.6 Å². The lowest BCUT2D eigenvalue weighted by atomic mass is 9.85. The Kier molecular flexibility index (Phi) is 11.8. The number of unbranched alkanes of at least 4 members (excludes halogenated alkanes) is 3. The summed E-state index contributed by atoms with van der Waals surface area (Å²) < 4.78 is 17.7. The number of terminal acetylenes is 1. The van der Waals surface area contributed by atoms with Crippen molar-refractivity contribution >= 4 is 17.9 Å². The van der Waals surface area contributed by atoms with Crippen molar-refractivity contribution in [2.24, 2.45) is 5.41 Å². The van der Waals surface area contributed by atoms with Crippen molar-refractivity contribution in [2.45, 2.75) is 104 Å². The summed E-state index contributed by atoms with van der Waals surface area (Å²) in [7, 11) is 0. The molecule has 2 heterocycles. The van der Waals surface area contributed by atoms with Crippen molar-refractivity contribution in [2.75, 3.05) is 32.8 Å². The largest absolute Gasteiger partial charge is 0.444 e. The van der Waals surface area contributed by atoms with Crippen molar-refractivity contribution < 1.29 is 28.6 Å². The number of carbonyl (C=O) groups excluding carboxylic acids is 3. The zero-order valence-electron chi connectivity index (χ0n) is 26.2. The van der Waals surface area contributed by atoms with E-state index >= 15 is 0 Å². The normalized spacial score (nSPS) is 21.9. The van der Waals surface area contributed by atoms with E-state index in [1.54, 1.807) is 30.6 Å². The standard InChI is InChI=1S/C33H49N3O6/c1-8-9-10-11-15-21-40-25-18-19-36(30(38)28(32(2,3)4)34-31(39)42-33(5,6)7)27(25)29(37)35-20-22-41-26(23-35)24-16-13-12-14-17-24/h1,12-14,16-17,25-28H,9-11,15,18-23H2,2-7H3,(H,34,39)/t25-,26+,27+,28-/m1/s1. The van der Waals surface area contributed by atoms with E-state index in [1.807, 2.05) is 51.1 Å². The molecule has 232 valence electrons. The van der Waals surface area contributed by atoms with E-state index in [0.717, 1.165) is 31.2 Å². The number of nitrogens with one attached hydrogen (secondary N) is 1. The van der Waals surface area contributed by atoms with Gasteiger partial charge in [0, 0.05) is 26.1 Å². The summed E-state index contributed by atoms with van der Waals surface area (Å²) in [6, 6.07) is 8.14. The molecule has 0 aromatic heterocycles. The molecule has 2 fully saturated rings. The minimum absolute atomic E-state index is 0.160. The van der Waals surface area contributed by atoms with Gasteiger partial charge >= 0.3 is 6.09 Å². The molecule has 0 aliphatic carbocycles. The maximum absolute atomic E-state index is 14.2. The molecule has 0 unspecified atom stereocenters. The van der Waals surface area contributed by atoms with Gasteiger partial charge in [0.05, 0.1) is 19.3 Å². The van der Waals surface area contributed by atoms with Gasteiger partial charge in [-0.3, -0.25) is 9.59 Å². The monoisotopic (exact) mass is 583 g/mol. The van der Waals surface area contributed by atoms with E-state index in [-0.39, 0.29) is 17.9 Å². The number of amides is 3. The lowest BCUT2D eigenvalue weighted by Crippen LogP contribution is -2.60. The van der Waals surface area contributed by atoms with Gasteiger partial charge in [0.25, 0.3) is 0 Å². The molecule has 3 amide bonds. The molecule has 1 aromatic rings. The van der Waals surface area contributed by atoms with Gasteiger partial charge in [0.2, 0.25) is 11.8 Å². The molecule has 0 saturated carbocycles. The smallest absolute Gasteiger partial charge is 0.408 e. The van der Waals surface area contributed by atoms with Crippen LogP contribution in [0.2, 0.25) is 0 Å². The Hall–Kier alpha value is -3.09. The minimum atomic E-state index is -0.896. The van der Waals surface area contributed by atoms with Crippen LogP contribution in [0.5, 0.6) is 0 Å². The number of carbonyl (C=O) groups is 3. The first-order valence-electron chi connectivity index (χ1n) is 15.1. The zero-order valence-corrected chi connectivity index (χ0v) is 26.2. The van der Waals surface area contributed by atoms with Gasteiger partial charge in [0.1, 0.15) is 23.8 Å². The van der Waals surface area contributed by atoms with E-state index in [9.17, 15) is 14.4 Å². The fourth-order valence-electron chi connectivity index (χ4n) is 5.36. The van der Waals surface area contributed by atoms with Gasteiger partial charge in [-0.25, -0.2) is 4.79 Å². The summed E-state index contributed by atoms with van der Waals surface area (Å²) in [5.41, 5.74) is -0.343. The zero-order chi connectivity index (χ0) is 30.9. The first-order valence-corrected chi connectivity index (χ1v) is 15.1. The first kappa shape index (κ1) is 33.4. The van der Waals surface area contributed by atoms with Crippen LogP contribution in [-0.2, 0) is 23.8 Å². The SMILES string of the molecule is C#CCCCCCO[C@@H]1CCN(C(=O)[C@@H](NC(=O)OC(C)(C)C)C(C)(C)C)[C@@H]1C(=O)N1CCO[C@H](c2ccccc2)C1. The number of alkyl carbamates (subject to hydrolysis) is 1. The Labute approximate surface area is 251 Å². The van der Waals surface area contributed by atoms with E-state index in [0.29, 0.717) is 39.3 Å². The topological polar surface area (TPSA) is 97.4 Å². The van der Waals surface area contributed by atoms with Crippen molar-refractivity contribution in [3.8, 4) is 12.3 Å². The molecule has 0 spiro atoms. The Morgan fingerprint density at radius 3 is 2.43 bits per heavy atom. The van der Waals surface area contributed by atoms with Gasteiger partial charge in [-0.15, -0.1) is 12.3 Å². The number of nitrogens with zero attached hydrogens (tertiary/aromatic N) is 2. The van der Waals surface area contributed by atoms with Crippen LogP contribution >= 0.6 is 0 Å². The molecule has 2 aliphatic heterocycles. The quantitative estimate of drug-likeness (QED) is 0.317. The highest BCUT2D eigenvalue weighted by atomic mass is 16.6. The summed E-state index contributed by atoms with van der Waals surface area (Å²) in [6.45, 7) is 13.0. The molecule has 9 nitrogen and oxygen atoms in total. The molecule has 1 N–H and O–H groups in total. The van der Waals surface area contributed by atoms with Crippen LogP contribution in [0.3, 0.4) is 0 Å². The Bertz CT molecular complexity index is 1090. The van der Waals surface area contributed by atoms with Gasteiger partial charge in [-0.1, -0.05) is 57.5 Å². The van der Waals surface area contributed by atoms with Gasteiger partial charge in [-0.05, 0) is 51.0 Å². The summed E-state index contributed by atoms with van der Waals surface area (Å²) in [5, 5.41) is 2.79. The third kappa shape index (κ3) is 9.47. The number of hydrogen-bond acceptors (Lipinski definition) is 6. The molecular formula is C33H49N3O6. The molecule has 1 aromatic carbocycles. The fraction of sp³-hybridized carbons (Fsp3) is 0.667. The fourth-order valence-corrected chi connectivity index (χ4v) is 5.36. The van der Waals surface area contributed by atoms with Crippen LogP contribution in [-0.4, -0.2) is 84.3 Å². The molecule has 4 atom stereocenters. The van der Waals surface area contributed by atoms with Gasteiger partial charge in [0.15, 0.2) is 0 Å². The number of benzene rings is 1. The molecular weight excluding hydrogens is 534 g/mol. The maximum atomic E-state index is 14.2. The predicted molar refractivity (Wildman–Crippen MR) is 161 cm³/mol. The molecule has 0 radical (unpaired) electrons. The average Bonchev–Trinajstić information content (AvgIpc) is 3.35. The molecule has 0 bridgehead atoms. The van der Waals surface area contributed by atoms with Gasteiger partial charge in [-0.2, -0.15) is 0 Å². The van der Waals surface area contributed by atoms with Crippen LogP contribution in [0.1, 0.15) is 85.3 Å². The number of morpholine rings is 1. The summed E-state index contributed by atoms with van der Waals surface area (Å²) in [6.07, 6.45) is 7.94. The number of rotatable bonds is 10. The lowest BCUT2D eigenvalue weighted by molar-refractivity contribution is -0.154. The van der Waals surface area contributed by atoms with Gasteiger partial charge < -0.3 is 29.3 Å². The highest BCUT2D eigenvalue weighted by Crippen LogP contribution is 2.30. The van der Waals surface area contributed by atoms with E-state index < -0.39 is 35.3 Å². The molecule has 42 heavy (non-hydrogen) atoms. The van der Waals surface area contributed by atoms with Crippen molar-refractivity contribution in [1.82, 2.24) is 15.1 Å². The molecule has 2 saturated heterocycles. The lowest BCUT2D eigenvalue weighted by Gasteiger charge is -2.39. The third-order valence-electron chi connectivity index (χ3n) is 7.50. The summed E-state index contributed by atoms with van der Waals surface area (Å²) >= 11 is 0. The summed E-state index contributed by atoms with van der Waals surface area (Å²) in [5.74, 6) is 2.18. The van der Waals surface area contributed by atoms with Crippen molar-refractivity contribution in [1.29, 1.82) is 0 Å². The molecule has 9 heteroatoms. The number of ether oxygens (including phenoxy) is 3. The second-order valence-corrected chi connectivity index (χ2v) is 13.2. The third-order valence-corrected chi connectivity index (χ3v) is 7.50. The van der Waals surface area contributed by atoms with Crippen LogP contribution in [0.15, 0.2) is 30.3 Å². The Morgan fingerprint density at radius 1 is 1.07 bits per heavy atom. The van der Waals surface area contributed by atoms with E-state index in [1.165, 1.54) is 0 Å². The highest BCUT2D eigenvalue weighted by Gasteiger charge is 2.48. The maximum Gasteiger partial charge on any atom is 0.408 e. The predicted octanol–water partition coefficient (Wildman–Crippen LogP) is 4.71. The van der Waals surface area contributed by atoms with E-state index in [2.05, 4.69) is 11.2 Å². The Balaban J connectivity index is 1.82. The summed E-state index contributed by atoms with van der Waals surface area (Å²) in [4.78, 5) is 44.5. The van der Waals surface area contributed by atoms with Crippen molar-refractivity contribution in [3.05, 3.63) is 35.9 Å². The average molecular weight is 584 g/mol. The number of hydrogen-bond donors (Lipinski definition) is 1. The van der Waals surface area contributed by atoms with Crippen LogP contribution in [0, 0.1) is 17.8 Å². The minimum Gasteiger partial charge on any atom is -0.444 e. The van der Waals surface area contributed by atoms with Crippen LogP contribution in [0.4, 0.5) is 4.79 Å². The van der Waals surface area contributed by atoms with Crippen LogP contribution in [0.25, 0.3) is 0 Å². The Morgan fingerprint density at radius 2 is 1.79 bits per heavy atom.